The van der Waals surface area contributed by atoms with Gasteiger partial charge in [-0.05, 0) is 64.8 Å². The first-order chi connectivity index (χ1) is 8.97. The van der Waals surface area contributed by atoms with E-state index in [2.05, 4.69) is 37.2 Å². The minimum Gasteiger partial charge on any atom is -0.399 e. The van der Waals surface area contributed by atoms with Crippen molar-refractivity contribution in [3.63, 3.8) is 0 Å². The summed E-state index contributed by atoms with van der Waals surface area (Å²) in [6, 6.07) is 10.7. The van der Waals surface area contributed by atoms with Gasteiger partial charge in [0.2, 0.25) is 0 Å². The number of halogens is 2. The van der Waals surface area contributed by atoms with Crippen LogP contribution in [-0.4, -0.2) is 5.91 Å². The Bertz CT molecular complexity index is 641. The molecule has 2 rings (SSSR count). The quantitative estimate of drug-likeness (QED) is 0.757. The molecule has 0 heterocycles. The summed E-state index contributed by atoms with van der Waals surface area (Å²) >= 11 is 6.78. The molecule has 0 bridgehead atoms. The predicted molar refractivity (Wildman–Crippen MR) is 85.4 cm³/mol. The lowest BCUT2D eigenvalue weighted by molar-refractivity contribution is 0.102. The zero-order valence-electron chi connectivity index (χ0n) is 10.2. The Morgan fingerprint density at radius 2 is 1.84 bits per heavy atom. The number of hydrogen-bond acceptors (Lipinski definition) is 2. The molecule has 0 unspecified atom stereocenters. The maximum absolute atomic E-state index is 12.1. The van der Waals surface area contributed by atoms with Gasteiger partial charge in [0.15, 0.2) is 0 Å². The highest BCUT2D eigenvalue weighted by molar-refractivity contribution is 9.10. The number of hydrogen-bond donors (Lipinski definition) is 2. The summed E-state index contributed by atoms with van der Waals surface area (Å²) in [5.41, 5.74) is 8.63. The molecule has 98 valence electrons. The van der Waals surface area contributed by atoms with Crippen LogP contribution >= 0.6 is 31.9 Å². The van der Waals surface area contributed by atoms with Crippen LogP contribution in [0, 0.1) is 6.92 Å². The van der Waals surface area contributed by atoms with Crippen LogP contribution in [0.5, 0.6) is 0 Å². The summed E-state index contributed by atoms with van der Waals surface area (Å²) in [6.07, 6.45) is 0. The van der Waals surface area contributed by atoms with Crippen LogP contribution in [0.4, 0.5) is 11.4 Å². The fraction of sp³-hybridized carbons (Fsp3) is 0.0714. The van der Waals surface area contributed by atoms with Gasteiger partial charge in [-0.1, -0.05) is 15.9 Å². The van der Waals surface area contributed by atoms with E-state index in [-0.39, 0.29) is 5.91 Å². The van der Waals surface area contributed by atoms with Crippen LogP contribution in [0.3, 0.4) is 0 Å². The lowest BCUT2D eigenvalue weighted by Crippen LogP contribution is -2.12. The molecule has 0 fully saturated rings. The van der Waals surface area contributed by atoms with Crippen molar-refractivity contribution in [1.29, 1.82) is 0 Å². The molecule has 3 nitrogen and oxygen atoms in total. The highest BCUT2D eigenvalue weighted by Gasteiger charge is 2.09. The number of carbonyl (C=O) groups is 1. The first-order valence-electron chi connectivity index (χ1n) is 5.60. The van der Waals surface area contributed by atoms with E-state index < -0.39 is 0 Å². The summed E-state index contributed by atoms with van der Waals surface area (Å²) in [6.45, 7) is 1.94. The first-order valence-corrected chi connectivity index (χ1v) is 7.18. The average molecular weight is 384 g/mol. The van der Waals surface area contributed by atoms with E-state index in [0.717, 1.165) is 14.5 Å². The van der Waals surface area contributed by atoms with Crippen molar-refractivity contribution in [2.45, 2.75) is 6.92 Å². The van der Waals surface area contributed by atoms with Crippen molar-refractivity contribution in [3.05, 3.63) is 56.5 Å². The number of anilines is 2. The average Bonchev–Trinajstić information content (AvgIpc) is 2.36. The summed E-state index contributed by atoms with van der Waals surface area (Å²) in [5, 5.41) is 2.84. The Kier molecular flexibility index (Phi) is 4.27. The zero-order chi connectivity index (χ0) is 14.0. The second-order valence-corrected chi connectivity index (χ2v) is 5.87. The second kappa shape index (κ2) is 5.75. The Morgan fingerprint density at radius 1 is 1.11 bits per heavy atom. The molecule has 0 radical (unpaired) electrons. The third-order valence-electron chi connectivity index (χ3n) is 2.66. The van der Waals surface area contributed by atoms with E-state index in [1.54, 1.807) is 24.3 Å². The van der Waals surface area contributed by atoms with Crippen molar-refractivity contribution in [3.8, 4) is 0 Å². The van der Waals surface area contributed by atoms with Crippen molar-refractivity contribution in [1.82, 2.24) is 0 Å². The minimum atomic E-state index is -0.152. The van der Waals surface area contributed by atoms with E-state index >= 15 is 0 Å². The molecule has 0 aliphatic carbocycles. The standard InChI is InChI=1S/C14H12Br2N2O/c1-8-6-9(2-4-11(8)15)14(19)18-13-5-3-10(17)7-12(13)16/h2-7H,17H2,1H3,(H,18,19). The van der Waals surface area contributed by atoms with Gasteiger partial charge in [-0.3, -0.25) is 4.79 Å². The van der Waals surface area contributed by atoms with Gasteiger partial charge in [-0.25, -0.2) is 0 Å². The first kappa shape index (κ1) is 14.1. The molecular weight excluding hydrogens is 372 g/mol. The molecule has 0 spiro atoms. The van der Waals surface area contributed by atoms with Crippen LogP contribution in [0.25, 0.3) is 0 Å². The summed E-state index contributed by atoms with van der Waals surface area (Å²) in [4.78, 5) is 12.1. The number of nitrogen functional groups attached to an aromatic ring is 1. The van der Waals surface area contributed by atoms with Crippen molar-refractivity contribution < 1.29 is 4.79 Å². The number of amides is 1. The molecule has 0 aliphatic heterocycles. The van der Waals surface area contributed by atoms with E-state index in [0.29, 0.717) is 16.9 Å². The van der Waals surface area contributed by atoms with E-state index in [1.165, 1.54) is 0 Å². The highest BCUT2D eigenvalue weighted by Crippen LogP contribution is 2.25. The normalized spacial score (nSPS) is 10.3. The van der Waals surface area contributed by atoms with Crippen LogP contribution in [0.1, 0.15) is 15.9 Å². The van der Waals surface area contributed by atoms with E-state index in [4.69, 9.17) is 5.73 Å². The van der Waals surface area contributed by atoms with Gasteiger partial charge in [0.25, 0.3) is 5.91 Å². The third-order valence-corrected chi connectivity index (χ3v) is 4.21. The number of benzene rings is 2. The lowest BCUT2D eigenvalue weighted by atomic mass is 10.1. The Hall–Kier alpha value is -1.33. The smallest absolute Gasteiger partial charge is 0.255 e. The van der Waals surface area contributed by atoms with E-state index in [1.807, 2.05) is 19.1 Å². The fourth-order valence-electron chi connectivity index (χ4n) is 1.61. The second-order valence-electron chi connectivity index (χ2n) is 4.16. The van der Waals surface area contributed by atoms with Gasteiger partial charge in [0, 0.05) is 20.2 Å². The summed E-state index contributed by atoms with van der Waals surface area (Å²) in [5.74, 6) is -0.152. The molecule has 5 heteroatoms. The van der Waals surface area contributed by atoms with Gasteiger partial charge in [-0.2, -0.15) is 0 Å². The molecule has 0 aliphatic rings. The van der Waals surface area contributed by atoms with Crippen LogP contribution in [0.2, 0.25) is 0 Å². The molecule has 2 aromatic carbocycles. The van der Waals surface area contributed by atoms with Crippen LogP contribution in [0.15, 0.2) is 45.3 Å². The number of aryl methyl sites for hydroxylation is 1. The molecule has 0 aromatic heterocycles. The number of nitrogens with one attached hydrogen (secondary N) is 1. The fourth-order valence-corrected chi connectivity index (χ4v) is 2.36. The van der Waals surface area contributed by atoms with Gasteiger partial charge in [0.1, 0.15) is 0 Å². The lowest BCUT2D eigenvalue weighted by Gasteiger charge is -2.09. The SMILES string of the molecule is Cc1cc(C(=O)Nc2ccc(N)cc2Br)ccc1Br. The number of nitrogens with two attached hydrogens (primary N) is 1. The third kappa shape index (κ3) is 3.36. The van der Waals surface area contributed by atoms with Crippen molar-refractivity contribution in [2.75, 3.05) is 11.1 Å². The molecule has 2 aromatic rings. The molecule has 3 N–H and O–H groups in total. The number of rotatable bonds is 2. The maximum Gasteiger partial charge on any atom is 0.255 e. The van der Waals surface area contributed by atoms with Gasteiger partial charge in [0.05, 0.1) is 5.69 Å². The zero-order valence-corrected chi connectivity index (χ0v) is 13.4. The van der Waals surface area contributed by atoms with Crippen molar-refractivity contribution in [2.24, 2.45) is 0 Å². The molecule has 19 heavy (non-hydrogen) atoms. The Morgan fingerprint density at radius 3 is 2.47 bits per heavy atom. The molecule has 0 saturated heterocycles. The topological polar surface area (TPSA) is 55.1 Å². The Labute approximate surface area is 128 Å². The van der Waals surface area contributed by atoms with Crippen molar-refractivity contribution >= 4 is 49.1 Å². The Balaban J connectivity index is 2.23. The molecule has 0 saturated carbocycles. The summed E-state index contributed by atoms with van der Waals surface area (Å²) in [7, 11) is 0. The van der Waals surface area contributed by atoms with Gasteiger partial charge < -0.3 is 11.1 Å². The molecular formula is C14H12Br2N2O. The van der Waals surface area contributed by atoms with Gasteiger partial charge in [-0.15, -0.1) is 0 Å². The summed E-state index contributed by atoms with van der Waals surface area (Å²) < 4.78 is 1.74. The van der Waals surface area contributed by atoms with Crippen LogP contribution in [-0.2, 0) is 0 Å². The van der Waals surface area contributed by atoms with Gasteiger partial charge >= 0.3 is 0 Å². The molecule has 1 amide bonds. The monoisotopic (exact) mass is 382 g/mol. The number of carbonyl (C=O) groups excluding carboxylic acids is 1. The highest BCUT2D eigenvalue weighted by atomic mass is 79.9. The van der Waals surface area contributed by atoms with E-state index in [9.17, 15) is 4.79 Å². The largest absolute Gasteiger partial charge is 0.399 e. The minimum absolute atomic E-state index is 0.152. The van der Waals surface area contributed by atoms with Crippen LogP contribution < -0.4 is 11.1 Å². The maximum atomic E-state index is 12.1. The predicted octanol–water partition coefficient (Wildman–Crippen LogP) is 4.35. The molecule has 0 atom stereocenters.